The van der Waals surface area contributed by atoms with Crippen molar-refractivity contribution in [2.45, 2.75) is 26.3 Å². The number of rotatable bonds is 3. The van der Waals surface area contributed by atoms with E-state index in [-0.39, 0.29) is 6.04 Å². The Bertz CT molecular complexity index is 615. The summed E-state index contributed by atoms with van der Waals surface area (Å²) < 4.78 is 12.9. The third-order valence-electron chi connectivity index (χ3n) is 3.87. The monoisotopic (exact) mass is 302 g/mol. The van der Waals surface area contributed by atoms with Crippen LogP contribution in [0.25, 0.3) is 0 Å². The minimum atomic E-state index is -0.417. The molecule has 0 amide bonds. The highest BCUT2D eigenvalue weighted by Crippen LogP contribution is 2.19. The molecule has 0 saturated carbocycles. The molecule has 0 spiro atoms. The van der Waals surface area contributed by atoms with Gasteiger partial charge in [0.1, 0.15) is 0 Å². The molecule has 3 rings (SSSR count). The SMILES string of the molecule is CCc1cnc(N2CCN(c3ncc(F)cn3)C[C@@H]2C)nc1. The van der Waals surface area contributed by atoms with Gasteiger partial charge in [0.2, 0.25) is 11.9 Å². The van der Waals surface area contributed by atoms with Crippen LogP contribution < -0.4 is 9.80 Å². The number of anilines is 2. The summed E-state index contributed by atoms with van der Waals surface area (Å²) in [7, 11) is 0. The molecule has 1 aliphatic heterocycles. The van der Waals surface area contributed by atoms with Gasteiger partial charge >= 0.3 is 0 Å². The van der Waals surface area contributed by atoms with Gasteiger partial charge < -0.3 is 9.80 Å². The summed E-state index contributed by atoms with van der Waals surface area (Å²) in [4.78, 5) is 21.2. The van der Waals surface area contributed by atoms with Gasteiger partial charge in [-0.1, -0.05) is 6.92 Å². The Hall–Kier alpha value is -2.31. The van der Waals surface area contributed by atoms with E-state index in [1.807, 2.05) is 12.4 Å². The van der Waals surface area contributed by atoms with Crippen LogP contribution in [-0.4, -0.2) is 45.6 Å². The van der Waals surface area contributed by atoms with E-state index in [9.17, 15) is 4.39 Å². The number of halogens is 1. The molecule has 3 heterocycles. The molecule has 6 nitrogen and oxygen atoms in total. The van der Waals surface area contributed by atoms with Crippen LogP contribution in [0, 0.1) is 5.82 Å². The van der Waals surface area contributed by atoms with Crippen molar-refractivity contribution in [2.75, 3.05) is 29.4 Å². The molecule has 0 radical (unpaired) electrons. The van der Waals surface area contributed by atoms with Crippen molar-refractivity contribution in [3.63, 3.8) is 0 Å². The number of aryl methyl sites for hydroxylation is 1. The lowest BCUT2D eigenvalue weighted by atomic mass is 10.2. The number of nitrogens with zero attached hydrogens (tertiary/aromatic N) is 6. The Kier molecular flexibility index (Phi) is 4.13. The molecule has 22 heavy (non-hydrogen) atoms. The number of aromatic nitrogens is 4. The van der Waals surface area contributed by atoms with E-state index in [2.05, 4.69) is 43.6 Å². The third-order valence-corrected chi connectivity index (χ3v) is 3.87. The van der Waals surface area contributed by atoms with Gasteiger partial charge in [0.05, 0.1) is 12.4 Å². The van der Waals surface area contributed by atoms with Crippen molar-refractivity contribution in [3.05, 3.63) is 36.2 Å². The highest BCUT2D eigenvalue weighted by atomic mass is 19.1. The van der Waals surface area contributed by atoms with Crippen LogP contribution in [0.3, 0.4) is 0 Å². The fourth-order valence-corrected chi connectivity index (χ4v) is 2.58. The zero-order valence-corrected chi connectivity index (χ0v) is 12.8. The molecule has 0 unspecified atom stereocenters. The summed E-state index contributed by atoms with van der Waals surface area (Å²) in [6.07, 6.45) is 7.10. The second-order valence-electron chi connectivity index (χ2n) is 5.43. The summed E-state index contributed by atoms with van der Waals surface area (Å²) in [5, 5.41) is 0. The van der Waals surface area contributed by atoms with E-state index in [4.69, 9.17) is 0 Å². The maximum absolute atomic E-state index is 12.9. The second kappa shape index (κ2) is 6.21. The zero-order valence-electron chi connectivity index (χ0n) is 12.8. The van der Waals surface area contributed by atoms with Crippen molar-refractivity contribution >= 4 is 11.9 Å². The van der Waals surface area contributed by atoms with Crippen molar-refractivity contribution in [1.82, 2.24) is 19.9 Å². The Labute approximate surface area is 129 Å². The van der Waals surface area contributed by atoms with E-state index in [0.717, 1.165) is 37.6 Å². The van der Waals surface area contributed by atoms with Crippen molar-refractivity contribution in [2.24, 2.45) is 0 Å². The maximum Gasteiger partial charge on any atom is 0.225 e. The standard InChI is InChI=1S/C15H19FN6/c1-3-12-6-17-15(18-7-12)22-5-4-21(10-11(22)2)14-19-8-13(16)9-20-14/h6-9,11H,3-5,10H2,1-2H3/t11-/m0/s1. The lowest BCUT2D eigenvalue weighted by Gasteiger charge is -2.39. The Morgan fingerprint density at radius 2 is 1.68 bits per heavy atom. The Balaban J connectivity index is 1.70. The fourth-order valence-electron chi connectivity index (χ4n) is 2.58. The maximum atomic E-state index is 12.9. The summed E-state index contributed by atoms with van der Waals surface area (Å²) >= 11 is 0. The van der Waals surface area contributed by atoms with Crippen LogP contribution in [0.4, 0.5) is 16.3 Å². The average molecular weight is 302 g/mol. The van der Waals surface area contributed by atoms with E-state index in [1.165, 1.54) is 12.4 Å². The van der Waals surface area contributed by atoms with Gasteiger partial charge in [-0.15, -0.1) is 0 Å². The van der Waals surface area contributed by atoms with E-state index in [0.29, 0.717) is 5.95 Å². The molecule has 2 aromatic rings. The molecule has 1 saturated heterocycles. The van der Waals surface area contributed by atoms with E-state index >= 15 is 0 Å². The highest BCUT2D eigenvalue weighted by molar-refractivity contribution is 5.39. The van der Waals surface area contributed by atoms with Gasteiger partial charge in [-0.3, -0.25) is 0 Å². The molecule has 0 bridgehead atoms. The lowest BCUT2D eigenvalue weighted by Crippen LogP contribution is -2.53. The summed E-state index contributed by atoms with van der Waals surface area (Å²) in [6, 6.07) is 0.231. The second-order valence-corrected chi connectivity index (χ2v) is 5.43. The van der Waals surface area contributed by atoms with Crippen LogP contribution in [0.2, 0.25) is 0 Å². The van der Waals surface area contributed by atoms with E-state index < -0.39 is 5.82 Å². The predicted octanol–water partition coefficient (Wildman–Crippen LogP) is 1.68. The first kappa shape index (κ1) is 14.6. The lowest BCUT2D eigenvalue weighted by molar-refractivity contribution is 0.530. The van der Waals surface area contributed by atoms with Gasteiger partial charge in [0.15, 0.2) is 5.82 Å². The molecule has 116 valence electrons. The molecular formula is C15H19FN6. The first-order valence-electron chi connectivity index (χ1n) is 7.47. The number of hydrogen-bond donors (Lipinski definition) is 0. The predicted molar refractivity (Wildman–Crippen MR) is 82.4 cm³/mol. The first-order valence-corrected chi connectivity index (χ1v) is 7.47. The number of piperazine rings is 1. The molecule has 1 aliphatic rings. The average Bonchev–Trinajstić information content (AvgIpc) is 2.56. The number of hydrogen-bond acceptors (Lipinski definition) is 6. The summed E-state index contributed by atoms with van der Waals surface area (Å²) in [5.41, 5.74) is 1.13. The van der Waals surface area contributed by atoms with E-state index in [1.54, 1.807) is 0 Å². The minimum absolute atomic E-state index is 0.231. The largest absolute Gasteiger partial charge is 0.337 e. The quantitative estimate of drug-likeness (QED) is 0.860. The first-order chi connectivity index (χ1) is 10.7. The topological polar surface area (TPSA) is 58.0 Å². The molecule has 2 aromatic heterocycles. The molecule has 1 fully saturated rings. The van der Waals surface area contributed by atoms with Gasteiger partial charge in [0, 0.05) is 38.1 Å². The highest BCUT2D eigenvalue weighted by Gasteiger charge is 2.26. The van der Waals surface area contributed by atoms with Crippen molar-refractivity contribution in [3.8, 4) is 0 Å². The summed E-state index contributed by atoms with van der Waals surface area (Å²) in [5.74, 6) is 0.902. The van der Waals surface area contributed by atoms with Crippen LogP contribution >= 0.6 is 0 Å². The normalized spacial score (nSPS) is 18.6. The zero-order chi connectivity index (χ0) is 15.5. The van der Waals surface area contributed by atoms with Crippen molar-refractivity contribution in [1.29, 1.82) is 0 Å². The van der Waals surface area contributed by atoms with Crippen LogP contribution in [-0.2, 0) is 6.42 Å². The molecular weight excluding hydrogens is 283 g/mol. The van der Waals surface area contributed by atoms with Gasteiger partial charge in [-0.05, 0) is 18.9 Å². The fraction of sp³-hybridized carbons (Fsp3) is 0.467. The Morgan fingerprint density at radius 1 is 1.05 bits per heavy atom. The minimum Gasteiger partial charge on any atom is -0.337 e. The molecule has 0 aliphatic carbocycles. The molecule has 0 aromatic carbocycles. The molecule has 7 heteroatoms. The smallest absolute Gasteiger partial charge is 0.225 e. The van der Waals surface area contributed by atoms with Crippen LogP contribution in [0.1, 0.15) is 19.4 Å². The van der Waals surface area contributed by atoms with Crippen LogP contribution in [0.15, 0.2) is 24.8 Å². The summed E-state index contributed by atoms with van der Waals surface area (Å²) in [6.45, 7) is 6.50. The van der Waals surface area contributed by atoms with Gasteiger partial charge in [-0.25, -0.2) is 24.3 Å². The van der Waals surface area contributed by atoms with Crippen LogP contribution in [0.5, 0.6) is 0 Å². The van der Waals surface area contributed by atoms with Crippen molar-refractivity contribution < 1.29 is 4.39 Å². The molecule has 1 atom stereocenters. The Morgan fingerprint density at radius 3 is 2.27 bits per heavy atom. The third kappa shape index (κ3) is 2.98. The van der Waals surface area contributed by atoms with Gasteiger partial charge in [0.25, 0.3) is 0 Å². The molecule has 0 N–H and O–H groups in total. The van der Waals surface area contributed by atoms with Gasteiger partial charge in [-0.2, -0.15) is 0 Å².